The van der Waals surface area contributed by atoms with Crippen LogP contribution >= 0.6 is 23.2 Å². The number of halogens is 4. The molecule has 0 bridgehead atoms. The van der Waals surface area contributed by atoms with E-state index in [-0.39, 0.29) is 16.9 Å². The van der Waals surface area contributed by atoms with Gasteiger partial charge >= 0.3 is 0 Å². The van der Waals surface area contributed by atoms with Crippen LogP contribution in [-0.2, 0) is 12.4 Å². The summed E-state index contributed by atoms with van der Waals surface area (Å²) in [6, 6.07) is -1.27. The lowest BCUT2D eigenvalue weighted by atomic mass is 9.89. The van der Waals surface area contributed by atoms with E-state index in [0.717, 1.165) is 0 Å². The monoisotopic (exact) mass is 322 g/mol. The Morgan fingerprint density at radius 2 is 1.84 bits per heavy atom. The maximum atomic E-state index is 14.1. The van der Waals surface area contributed by atoms with Gasteiger partial charge in [0, 0.05) is 23.6 Å². The van der Waals surface area contributed by atoms with Crippen LogP contribution in [0.25, 0.3) is 5.83 Å². The maximum Gasteiger partial charge on any atom is 0.154 e. The molecule has 0 saturated heterocycles. The first-order chi connectivity index (χ1) is 8.82. The standard InChI is InChI=1S/C10H6Cl2F2N4S/c11-3-5(13)2-1(7(15)9(3)17)6(14)4(12)10(18-19)8(2)16/h9,15H,16-17H2. The van der Waals surface area contributed by atoms with Crippen LogP contribution in [0.15, 0.2) is 9.39 Å². The van der Waals surface area contributed by atoms with Gasteiger partial charge in [-0.1, -0.05) is 23.2 Å². The Morgan fingerprint density at radius 3 is 2.37 bits per heavy atom. The third kappa shape index (κ3) is 1.85. The minimum Gasteiger partial charge on any atom is -0.396 e. The second kappa shape index (κ2) is 4.75. The van der Waals surface area contributed by atoms with E-state index >= 15 is 0 Å². The van der Waals surface area contributed by atoms with Gasteiger partial charge < -0.3 is 16.9 Å². The van der Waals surface area contributed by atoms with Gasteiger partial charge in [0.2, 0.25) is 0 Å². The molecule has 0 saturated carbocycles. The molecule has 0 radical (unpaired) electrons. The molecule has 0 aliphatic heterocycles. The molecule has 0 aromatic heterocycles. The van der Waals surface area contributed by atoms with Crippen LogP contribution in [0.3, 0.4) is 0 Å². The first kappa shape index (κ1) is 14.3. The average molecular weight is 323 g/mol. The summed E-state index contributed by atoms with van der Waals surface area (Å²) in [7, 11) is 0. The molecule has 0 spiro atoms. The summed E-state index contributed by atoms with van der Waals surface area (Å²) in [6.45, 7) is 0. The second-order valence-electron chi connectivity index (χ2n) is 3.78. The van der Waals surface area contributed by atoms with Crippen molar-refractivity contribution in [3.63, 3.8) is 0 Å². The minimum absolute atomic E-state index is 0.268. The number of nitrogen functional groups attached to an aromatic ring is 1. The molecule has 2 rings (SSSR count). The Hall–Kier alpha value is -1.15. The van der Waals surface area contributed by atoms with Gasteiger partial charge in [0.05, 0.1) is 22.5 Å². The number of fused-ring (bicyclic) bond motifs is 1. The summed E-state index contributed by atoms with van der Waals surface area (Å²) >= 11 is 15.8. The molecule has 1 aromatic rings. The van der Waals surface area contributed by atoms with E-state index < -0.39 is 39.0 Å². The number of nitrogens with two attached hydrogens (primary N) is 2. The molecule has 19 heavy (non-hydrogen) atoms. The number of anilines is 1. The number of hydrogen-bond acceptors (Lipinski definition) is 5. The molecule has 0 amide bonds. The molecule has 1 unspecified atom stereocenters. The molecule has 9 heteroatoms. The first-order valence-electron chi connectivity index (χ1n) is 4.86. The average Bonchev–Trinajstić information content (AvgIpc) is 2.38. The third-order valence-corrected chi connectivity index (χ3v) is 3.70. The lowest BCUT2D eigenvalue weighted by Gasteiger charge is -2.24. The predicted molar refractivity (Wildman–Crippen MR) is 74.0 cm³/mol. The van der Waals surface area contributed by atoms with Gasteiger partial charge in [-0.3, -0.25) is 0 Å². The molecule has 1 atom stereocenters. The van der Waals surface area contributed by atoms with E-state index in [2.05, 4.69) is 16.8 Å². The summed E-state index contributed by atoms with van der Waals surface area (Å²) in [6.07, 6.45) is 0. The van der Waals surface area contributed by atoms with Crippen LogP contribution in [0.4, 0.5) is 20.2 Å². The second-order valence-corrected chi connectivity index (χ2v) is 4.75. The number of hydrogen-bond donors (Lipinski definition) is 3. The fourth-order valence-corrected chi connectivity index (χ4v) is 2.48. The number of benzene rings is 1. The van der Waals surface area contributed by atoms with Crippen molar-refractivity contribution in [3.8, 4) is 0 Å². The molecule has 4 nitrogen and oxygen atoms in total. The van der Waals surface area contributed by atoms with Gasteiger partial charge in [-0.15, -0.1) is 0 Å². The highest BCUT2D eigenvalue weighted by Crippen LogP contribution is 2.46. The van der Waals surface area contributed by atoms with E-state index in [0.29, 0.717) is 0 Å². The highest BCUT2D eigenvalue weighted by atomic mass is 35.5. The Labute approximate surface area is 122 Å². The molecular weight excluding hydrogens is 317 g/mol. The van der Waals surface area contributed by atoms with Crippen LogP contribution in [0.5, 0.6) is 0 Å². The van der Waals surface area contributed by atoms with E-state index in [9.17, 15) is 8.78 Å². The van der Waals surface area contributed by atoms with E-state index in [1.807, 2.05) is 0 Å². The topological polar surface area (TPSA) is 88.2 Å². The molecule has 1 aliphatic rings. The Kier molecular flexibility index (Phi) is 3.57. The highest BCUT2D eigenvalue weighted by Gasteiger charge is 2.35. The molecule has 0 fully saturated rings. The molecule has 100 valence electrons. The zero-order valence-corrected chi connectivity index (χ0v) is 11.4. The van der Waals surface area contributed by atoms with Crippen molar-refractivity contribution < 1.29 is 8.78 Å². The van der Waals surface area contributed by atoms with Crippen LogP contribution in [0.2, 0.25) is 5.02 Å². The fraction of sp³-hybridized carbons (Fsp3) is 0.100. The number of rotatable bonds is 1. The SMILES string of the molecule is N=C1c2c(F)c(Cl)c(N=S)c(N)c2C(F)=C(Cl)C1N. The third-order valence-electron chi connectivity index (χ3n) is 2.77. The Bertz CT molecular complexity index is 660. The first-order valence-corrected chi connectivity index (χ1v) is 5.98. The molecule has 1 aromatic carbocycles. The predicted octanol–water partition coefficient (Wildman–Crippen LogP) is 3.01. The van der Waals surface area contributed by atoms with Crippen LogP contribution < -0.4 is 11.5 Å². The van der Waals surface area contributed by atoms with Gasteiger partial charge in [0.1, 0.15) is 16.5 Å². The summed E-state index contributed by atoms with van der Waals surface area (Å²) in [5.41, 5.74) is 9.42. The summed E-state index contributed by atoms with van der Waals surface area (Å²) < 4.78 is 31.5. The summed E-state index contributed by atoms with van der Waals surface area (Å²) in [5, 5.41) is 6.83. The molecular formula is C10H6Cl2F2N4S. The lowest BCUT2D eigenvalue weighted by Crippen LogP contribution is -2.35. The molecule has 0 heterocycles. The zero-order chi connectivity index (χ0) is 14.5. The van der Waals surface area contributed by atoms with Crippen molar-refractivity contribution in [1.82, 2.24) is 0 Å². The zero-order valence-electron chi connectivity index (χ0n) is 9.10. The van der Waals surface area contributed by atoms with Crippen molar-refractivity contribution in [2.45, 2.75) is 6.04 Å². The largest absolute Gasteiger partial charge is 0.396 e. The maximum absolute atomic E-state index is 14.1. The van der Waals surface area contributed by atoms with Crippen molar-refractivity contribution in [3.05, 3.63) is 27.0 Å². The van der Waals surface area contributed by atoms with Crippen molar-refractivity contribution >= 4 is 58.5 Å². The number of nitrogens with zero attached hydrogens (tertiary/aromatic N) is 1. The van der Waals surface area contributed by atoms with Crippen LogP contribution in [-0.4, -0.2) is 11.8 Å². The highest BCUT2D eigenvalue weighted by molar-refractivity contribution is 7.47. The normalized spacial score (nSPS) is 18.6. The minimum atomic E-state index is -1.27. The summed E-state index contributed by atoms with van der Waals surface area (Å²) in [5.74, 6) is -2.05. The van der Waals surface area contributed by atoms with Crippen molar-refractivity contribution in [2.75, 3.05) is 5.73 Å². The Morgan fingerprint density at radius 1 is 1.26 bits per heavy atom. The van der Waals surface area contributed by atoms with Gasteiger partial charge in [-0.2, -0.15) is 4.36 Å². The van der Waals surface area contributed by atoms with Crippen molar-refractivity contribution in [1.29, 1.82) is 5.41 Å². The van der Waals surface area contributed by atoms with Crippen molar-refractivity contribution in [2.24, 2.45) is 10.1 Å². The lowest BCUT2D eigenvalue weighted by molar-refractivity contribution is 0.621. The quantitative estimate of drug-likeness (QED) is 0.694. The molecule has 1 aliphatic carbocycles. The van der Waals surface area contributed by atoms with Crippen LogP contribution in [0.1, 0.15) is 11.1 Å². The van der Waals surface area contributed by atoms with Crippen LogP contribution in [0, 0.1) is 11.2 Å². The van der Waals surface area contributed by atoms with E-state index in [4.69, 9.17) is 40.1 Å². The fourth-order valence-electron chi connectivity index (χ4n) is 1.80. The van der Waals surface area contributed by atoms with E-state index in [1.54, 1.807) is 0 Å². The van der Waals surface area contributed by atoms with Gasteiger partial charge in [0.25, 0.3) is 0 Å². The van der Waals surface area contributed by atoms with E-state index in [1.165, 1.54) is 0 Å². The van der Waals surface area contributed by atoms with Gasteiger partial charge in [-0.25, -0.2) is 8.78 Å². The summed E-state index contributed by atoms with van der Waals surface area (Å²) in [4.78, 5) is 0. The smallest absolute Gasteiger partial charge is 0.154 e. The van der Waals surface area contributed by atoms with Gasteiger partial charge in [-0.05, 0) is 0 Å². The molecule has 5 N–H and O–H groups in total. The number of nitrogens with one attached hydrogen (secondary N) is 1. The Balaban J connectivity index is 2.99. The van der Waals surface area contributed by atoms with Gasteiger partial charge in [0.15, 0.2) is 5.82 Å².